The molecule has 1 fully saturated rings. The van der Waals surface area contributed by atoms with Gasteiger partial charge in [0.1, 0.15) is 18.4 Å². The van der Waals surface area contributed by atoms with E-state index in [1.165, 1.54) is 0 Å². The van der Waals surface area contributed by atoms with Gasteiger partial charge in [-0.05, 0) is 49.4 Å². The molecule has 0 spiro atoms. The molecule has 0 unspecified atom stereocenters. The molecule has 31 heavy (non-hydrogen) atoms. The second-order valence-electron chi connectivity index (χ2n) is 7.33. The van der Waals surface area contributed by atoms with Crippen molar-refractivity contribution in [3.8, 4) is 34.7 Å². The number of carbonyl (C=O) groups excluding carboxylic acids is 1. The third kappa shape index (κ3) is 4.90. The van der Waals surface area contributed by atoms with Gasteiger partial charge >= 0.3 is 5.97 Å². The van der Waals surface area contributed by atoms with E-state index in [1.807, 2.05) is 30.3 Å². The van der Waals surface area contributed by atoms with Gasteiger partial charge in [-0.2, -0.15) is 10.2 Å². The van der Waals surface area contributed by atoms with Gasteiger partial charge in [-0.25, -0.2) is 0 Å². The summed E-state index contributed by atoms with van der Waals surface area (Å²) in [6, 6.07) is 14.8. The molecule has 0 atom stereocenters. The molecule has 1 heterocycles. The second-order valence-corrected chi connectivity index (χ2v) is 7.33. The average Bonchev–Trinajstić information content (AvgIpc) is 3.50. The molecule has 1 saturated carbocycles. The molecule has 0 amide bonds. The highest BCUT2D eigenvalue weighted by atomic mass is 16.5. The minimum Gasteiger partial charge on any atom is -0.489 e. The minimum absolute atomic E-state index is 0.148. The first-order chi connectivity index (χ1) is 15.2. The summed E-state index contributed by atoms with van der Waals surface area (Å²) in [6.45, 7) is 0.00490. The van der Waals surface area contributed by atoms with E-state index >= 15 is 0 Å². The van der Waals surface area contributed by atoms with Gasteiger partial charge in [0.25, 0.3) is 5.89 Å². The van der Waals surface area contributed by atoms with Crippen molar-refractivity contribution in [1.82, 2.24) is 10.1 Å². The molecule has 1 aliphatic rings. The summed E-state index contributed by atoms with van der Waals surface area (Å²) >= 11 is 0. The second kappa shape index (κ2) is 9.41. The van der Waals surface area contributed by atoms with E-state index in [0.717, 1.165) is 36.8 Å². The lowest BCUT2D eigenvalue weighted by atomic mass is 10.1. The van der Waals surface area contributed by atoms with Gasteiger partial charge in [-0.15, -0.1) is 0 Å². The Balaban J connectivity index is 1.48. The van der Waals surface area contributed by atoms with Crippen LogP contribution >= 0.6 is 0 Å². The first kappa shape index (κ1) is 20.6. The van der Waals surface area contributed by atoms with E-state index in [4.69, 9.17) is 19.7 Å². The molecule has 0 saturated heterocycles. The molecule has 8 nitrogen and oxygen atoms in total. The molecule has 8 heteroatoms. The van der Waals surface area contributed by atoms with Gasteiger partial charge < -0.3 is 19.7 Å². The summed E-state index contributed by atoms with van der Waals surface area (Å²) in [4.78, 5) is 15.6. The van der Waals surface area contributed by atoms with E-state index in [1.54, 1.807) is 12.1 Å². The molecule has 1 aromatic heterocycles. The molecule has 0 bridgehead atoms. The molecule has 158 valence electrons. The summed E-state index contributed by atoms with van der Waals surface area (Å²) in [6.07, 6.45) is 4.54. The van der Waals surface area contributed by atoms with E-state index in [9.17, 15) is 10.1 Å². The van der Waals surface area contributed by atoms with Crippen LogP contribution in [0.25, 0.3) is 22.8 Å². The van der Waals surface area contributed by atoms with Crippen molar-refractivity contribution in [3.05, 3.63) is 53.6 Å². The highest BCUT2D eigenvalue weighted by Gasteiger charge is 2.19. The molecule has 1 aliphatic carbocycles. The Bertz CT molecular complexity index is 1100. The van der Waals surface area contributed by atoms with Gasteiger partial charge in [0.2, 0.25) is 5.82 Å². The van der Waals surface area contributed by atoms with Crippen LogP contribution in [-0.4, -0.2) is 28.8 Å². The summed E-state index contributed by atoms with van der Waals surface area (Å²) < 4.78 is 16.4. The van der Waals surface area contributed by atoms with Crippen LogP contribution in [0.2, 0.25) is 0 Å². The molecule has 4 rings (SSSR count). The summed E-state index contributed by atoms with van der Waals surface area (Å²) in [5.74, 6) is 0.872. The van der Waals surface area contributed by atoms with Crippen LogP contribution in [0.3, 0.4) is 0 Å². The summed E-state index contributed by atoms with van der Waals surface area (Å²) in [5.41, 5.74) is 7.90. The molecule has 2 aromatic carbocycles. The maximum absolute atomic E-state index is 11.2. The third-order valence-electron chi connectivity index (χ3n) is 5.15. The number of aromatic nitrogens is 2. The number of esters is 1. The number of rotatable bonds is 7. The SMILES string of the molecule is N#Cc1cc(-c2nc(-c3ccc(COC(=O)CN)cc3)no2)ccc1OC1CCCC1. The molecular weight excluding hydrogens is 396 g/mol. The van der Waals surface area contributed by atoms with Crippen LogP contribution in [-0.2, 0) is 16.1 Å². The fraction of sp³-hybridized carbons (Fsp3) is 0.304. The Morgan fingerprint density at radius 1 is 1.16 bits per heavy atom. The lowest BCUT2D eigenvalue weighted by Crippen LogP contribution is -2.16. The van der Waals surface area contributed by atoms with Gasteiger partial charge in [0, 0.05) is 11.1 Å². The fourth-order valence-corrected chi connectivity index (χ4v) is 3.47. The Hall–Kier alpha value is -3.70. The maximum atomic E-state index is 11.2. The first-order valence-electron chi connectivity index (χ1n) is 10.2. The molecular formula is C23H22N4O4. The predicted octanol–water partition coefficient (Wildman–Crippen LogP) is 3.60. The number of nitrogens with zero attached hydrogens (tertiary/aromatic N) is 3. The number of benzene rings is 2. The monoisotopic (exact) mass is 418 g/mol. The largest absolute Gasteiger partial charge is 0.489 e. The van der Waals surface area contributed by atoms with Crippen molar-refractivity contribution >= 4 is 5.97 Å². The Kier molecular flexibility index (Phi) is 6.24. The van der Waals surface area contributed by atoms with Crippen molar-refractivity contribution < 1.29 is 18.8 Å². The zero-order valence-corrected chi connectivity index (χ0v) is 16.9. The molecule has 0 radical (unpaired) electrons. The van der Waals surface area contributed by atoms with E-state index in [2.05, 4.69) is 16.2 Å². The highest BCUT2D eigenvalue weighted by molar-refractivity contribution is 5.71. The number of hydrogen-bond donors (Lipinski definition) is 1. The minimum atomic E-state index is -0.455. The first-order valence-corrected chi connectivity index (χ1v) is 10.2. The van der Waals surface area contributed by atoms with Crippen molar-refractivity contribution in [1.29, 1.82) is 5.26 Å². The Morgan fingerprint density at radius 3 is 2.61 bits per heavy atom. The topological polar surface area (TPSA) is 124 Å². The van der Waals surface area contributed by atoms with E-state index in [0.29, 0.717) is 28.6 Å². The zero-order valence-electron chi connectivity index (χ0n) is 16.9. The van der Waals surface area contributed by atoms with Crippen LogP contribution in [0.5, 0.6) is 5.75 Å². The van der Waals surface area contributed by atoms with Crippen LogP contribution in [0.1, 0.15) is 36.8 Å². The maximum Gasteiger partial charge on any atom is 0.320 e. The molecule has 0 aliphatic heterocycles. The number of nitrogens with two attached hydrogens (primary N) is 1. The van der Waals surface area contributed by atoms with Crippen molar-refractivity contribution in [2.45, 2.75) is 38.4 Å². The van der Waals surface area contributed by atoms with Gasteiger partial charge in [0.05, 0.1) is 18.2 Å². The predicted molar refractivity (Wildman–Crippen MR) is 112 cm³/mol. The average molecular weight is 418 g/mol. The van der Waals surface area contributed by atoms with Crippen LogP contribution in [0.4, 0.5) is 0 Å². The van der Waals surface area contributed by atoms with Gasteiger partial charge in [-0.3, -0.25) is 4.79 Å². The third-order valence-corrected chi connectivity index (χ3v) is 5.15. The lowest BCUT2D eigenvalue weighted by Gasteiger charge is -2.14. The highest BCUT2D eigenvalue weighted by Crippen LogP contribution is 2.30. The number of carbonyl (C=O) groups is 1. The Morgan fingerprint density at radius 2 is 1.90 bits per heavy atom. The zero-order chi connectivity index (χ0) is 21.6. The summed E-state index contributed by atoms with van der Waals surface area (Å²) in [7, 11) is 0. The van der Waals surface area contributed by atoms with Crippen LogP contribution in [0.15, 0.2) is 47.0 Å². The van der Waals surface area contributed by atoms with Crippen LogP contribution < -0.4 is 10.5 Å². The lowest BCUT2D eigenvalue weighted by molar-refractivity contribution is -0.143. The van der Waals surface area contributed by atoms with Crippen molar-refractivity contribution in [2.75, 3.05) is 6.54 Å². The number of hydrogen-bond acceptors (Lipinski definition) is 8. The molecule has 2 N–H and O–H groups in total. The van der Waals surface area contributed by atoms with Crippen molar-refractivity contribution in [2.24, 2.45) is 5.73 Å². The quantitative estimate of drug-likeness (QED) is 0.577. The van der Waals surface area contributed by atoms with Gasteiger partial charge in [-0.1, -0.05) is 29.4 Å². The van der Waals surface area contributed by atoms with E-state index in [-0.39, 0.29) is 19.3 Å². The van der Waals surface area contributed by atoms with E-state index < -0.39 is 5.97 Å². The number of nitriles is 1. The normalized spacial score (nSPS) is 13.7. The molecule has 3 aromatic rings. The smallest absolute Gasteiger partial charge is 0.320 e. The fourth-order valence-electron chi connectivity index (χ4n) is 3.47. The van der Waals surface area contributed by atoms with Crippen LogP contribution in [0, 0.1) is 11.3 Å². The Labute approximate surface area is 179 Å². The number of ether oxygens (including phenoxy) is 2. The van der Waals surface area contributed by atoms with Gasteiger partial charge in [0.15, 0.2) is 0 Å². The standard InChI is InChI=1S/C23H22N4O4/c24-12-18-11-17(9-10-20(18)30-19-3-1-2-4-19)23-26-22(27-31-23)16-7-5-15(6-8-16)14-29-21(28)13-25/h5-11,19H,1-4,13-14,25H2. The summed E-state index contributed by atoms with van der Waals surface area (Å²) in [5, 5.41) is 13.6. The van der Waals surface area contributed by atoms with Crippen molar-refractivity contribution in [3.63, 3.8) is 0 Å².